The van der Waals surface area contributed by atoms with Crippen LogP contribution in [0.25, 0.3) is 11.1 Å². The van der Waals surface area contributed by atoms with Gasteiger partial charge >= 0.3 is 0 Å². The van der Waals surface area contributed by atoms with Crippen LogP contribution in [0.1, 0.15) is 18.4 Å². The van der Waals surface area contributed by atoms with Gasteiger partial charge in [0.1, 0.15) is 0 Å². The molecule has 1 aliphatic heterocycles. The van der Waals surface area contributed by atoms with Crippen molar-refractivity contribution in [2.75, 3.05) is 6.54 Å². The third-order valence-corrected chi connectivity index (χ3v) is 3.46. The first-order chi connectivity index (χ1) is 7.77. The summed E-state index contributed by atoms with van der Waals surface area (Å²) in [5, 5.41) is 5.73. The highest BCUT2D eigenvalue weighted by Gasteiger charge is 2.18. The van der Waals surface area contributed by atoms with E-state index >= 15 is 0 Å². The fourth-order valence-electron chi connectivity index (χ4n) is 2.73. The Kier molecular flexibility index (Phi) is 2.07. The molecule has 3 N–H and O–H groups in total. The number of carbonyl (C=O) groups excluding carboxylic acids is 1. The molecule has 1 aromatic carbocycles. The molecule has 0 atom stereocenters. The monoisotopic (exact) mass is 214 g/mol. The van der Waals surface area contributed by atoms with Crippen molar-refractivity contribution in [2.24, 2.45) is 5.73 Å². The SMILES string of the molecule is NC(=O)C1=c2cccc3c2=C(CC1)CNC3. The first-order valence-corrected chi connectivity index (χ1v) is 5.61. The Morgan fingerprint density at radius 2 is 2.12 bits per heavy atom. The fourth-order valence-corrected chi connectivity index (χ4v) is 2.73. The highest BCUT2D eigenvalue weighted by atomic mass is 16.1. The molecule has 82 valence electrons. The molecular formula is C13H14N2O. The third kappa shape index (κ3) is 1.28. The smallest absolute Gasteiger partial charge is 0.245 e. The van der Waals surface area contributed by atoms with Gasteiger partial charge in [-0.25, -0.2) is 0 Å². The first-order valence-electron chi connectivity index (χ1n) is 5.61. The van der Waals surface area contributed by atoms with Gasteiger partial charge in [0.05, 0.1) is 0 Å². The highest BCUT2D eigenvalue weighted by molar-refractivity contribution is 6.12. The van der Waals surface area contributed by atoms with E-state index in [2.05, 4.69) is 11.4 Å². The predicted octanol–water partition coefficient (Wildman–Crippen LogP) is -0.630. The van der Waals surface area contributed by atoms with Crippen LogP contribution in [0.5, 0.6) is 0 Å². The van der Waals surface area contributed by atoms with E-state index in [-0.39, 0.29) is 5.91 Å². The molecule has 1 aromatic rings. The average Bonchev–Trinajstić information content (AvgIpc) is 2.30. The van der Waals surface area contributed by atoms with Gasteiger partial charge in [-0.1, -0.05) is 18.2 Å². The molecule has 0 fully saturated rings. The molecule has 1 heterocycles. The number of carbonyl (C=O) groups is 1. The minimum atomic E-state index is -0.272. The Morgan fingerprint density at radius 1 is 1.25 bits per heavy atom. The molecule has 0 saturated carbocycles. The molecule has 0 bridgehead atoms. The van der Waals surface area contributed by atoms with E-state index < -0.39 is 0 Å². The van der Waals surface area contributed by atoms with E-state index in [1.165, 1.54) is 16.4 Å². The normalized spacial score (nSPS) is 18.2. The lowest BCUT2D eigenvalue weighted by Gasteiger charge is -2.22. The van der Waals surface area contributed by atoms with E-state index in [9.17, 15) is 4.79 Å². The van der Waals surface area contributed by atoms with Crippen molar-refractivity contribution in [2.45, 2.75) is 19.4 Å². The van der Waals surface area contributed by atoms with Crippen molar-refractivity contribution < 1.29 is 4.79 Å². The van der Waals surface area contributed by atoms with E-state index in [4.69, 9.17) is 5.73 Å². The standard InChI is InChI=1S/C13H14N2O/c14-13(16)11-5-4-9-7-15-6-8-2-1-3-10(11)12(8)9/h1-3,15H,4-7H2,(H2,14,16). The van der Waals surface area contributed by atoms with Crippen LogP contribution in [0.2, 0.25) is 0 Å². The van der Waals surface area contributed by atoms with Crippen molar-refractivity contribution in [3.8, 4) is 0 Å². The third-order valence-electron chi connectivity index (χ3n) is 3.46. The highest BCUT2D eigenvalue weighted by Crippen LogP contribution is 2.16. The number of rotatable bonds is 1. The molecule has 0 unspecified atom stereocenters. The lowest BCUT2D eigenvalue weighted by Crippen LogP contribution is -2.44. The van der Waals surface area contributed by atoms with Crippen LogP contribution >= 0.6 is 0 Å². The fraction of sp³-hybridized carbons (Fsp3) is 0.308. The molecule has 0 radical (unpaired) electrons. The molecule has 0 saturated heterocycles. The molecule has 3 rings (SSSR count). The van der Waals surface area contributed by atoms with Crippen LogP contribution < -0.4 is 21.5 Å². The molecule has 3 heteroatoms. The molecule has 3 nitrogen and oxygen atoms in total. The molecule has 16 heavy (non-hydrogen) atoms. The number of nitrogens with one attached hydrogen (secondary N) is 1. The maximum Gasteiger partial charge on any atom is 0.245 e. The lowest BCUT2D eigenvalue weighted by atomic mass is 9.89. The maximum absolute atomic E-state index is 11.4. The Bertz CT molecular complexity index is 586. The summed E-state index contributed by atoms with van der Waals surface area (Å²) < 4.78 is 0. The van der Waals surface area contributed by atoms with Crippen molar-refractivity contribution in [3.63, 3.8) is 0 Å². The second kappa shape index (κ2) is 3.46. The quantitative estimate of drug-likeness (QED) is 0.654. The largest absolute Gasteiger partial charge is 0.366 e. The molecular weight excluding hydrogens is 200 g/mol. The Morgan fingerprint density at radius 3 is 2.94 bits per heavy atom. The van der Waals surface area contributed by atoms with Crippen molar-refractivity contribution in [1.82, 2.24) is 5.32 Å². The summed E-state index contributed by atoms with van der Waals surface area (Å²) in [6.07, 6.45) is 1.73. The summed E-state index contributed by atoms with van der Waals surface area (Å²) in [6.45, 7) is 1.83. The van der Waals surface area contributed by atoms with Gasteiger partial charge in [0.25, 0.3) is 0 Å². The number of amides is 1. The summed E-state index contributed by atoms with van der Waals surface area (Å²) >= 11 is 0. The number of nitrogens with two attached hydrogens (primary N) is 1. The second-order valence-corrected chi connectivity index (χ2v) is 4.39. The van der Waals surface area contributed by atoms with Gasteiger partial charge in [0.15, 0.2) is 0 Å². The van der Waals surface area contributed by atoms with Crippen LogP contribution in [-0.4, -0.2) is 12.5 Å². The summed E-state index contributed by atoms with van der Waals surface area (Å²) in [6, 6.07) is 6.14. The predicted molar refractivity (Wildman–Crippen MR) is 62.6 cm³/mol. The van der Waals surface area contributed by atoms with Crippen molar-refractivity contribution in [1.29, 1.82) is 0 Å². The zero-order chi connectivity index (χ0) is 11.1. The van der Waals surface area contributed by atoms with Gasteiger partial charge < -0.3 is 11.1 Å². The van der Waals surface area contributed by atoms with Gasteiger partial charge in [-0.2, -0.15) is 0 Å². The van der Waals surface area contributed by atoms with Crippen LogP contribution in [0, 0.1) is 0 Å². The number of benzene rings is 1. The van der Waals surface area contributed by atoms with E-state index in [1.54, 1.807) is 0 Å². The number of primary amides is 1. The van der Waals surface area contributed by atoms with Gasteiger partial charge in [0.2, 0.25) is 5.91 Å². The lowest BCUT2D eigenvalue weighted by molar-refractivity contribution is -0.113. The molecule has 0 spiro atoms. The Balaban J connectivity index is 2.47. The average molecular weight is 214 g/mol. The zero-order valence-corrected chi connectivity index (χ0v) is 9.05. The molecule has 2 aliphatic rings. The Hall–Kier alpha value is -1.61. The van der Waals surface area contributed by atoms with Gasteiger partial charge in [-0.05, 0) is 34.4 Å². The summed E-state index contributed by atoms with van der Waals surface area (Å²) in [5.41, 5.74) is 8.94. The minimum Gasteiger partial charge on any atom is -0.366 e. The van der Waals surface area contributed by atoms with E-state index in [1.807, 2.05) is 12.1 Å². The number of hydrogen-bond donors (Lipinski definition) is 2. The Labute approximate surface area is 93.6 Å². The van der Waals surface area contributed by atoms with Crippen LogP contribution in [-0.2, 0) is 11.3 Å². The molecule has 1 aliphatic carbocycles. The first kappa shape index (κ1) is 9.60. The van der Waals surface area contributed by atoms with Crippen molar-refractivity contribution >= 4 is 17.1 Å². The van der Waals surface area contributed by atoms with E-state index in [0.717, 1.165) is 36.7 Å². The summed E-state index contributed by atoms with van der Waals surface area (Å²) in [4.78, 5) is 11.4. The van der Waals surface area contributed by atoms with Gasteiger partial charge in [-0.15, -0.1) is 0 Å². The second-order valence-electron chi connectivity index (χ2n) is 4.39. The van der Waals surface area contributed by atoms with E-state index in [0.29, 0.717) is 0 Å². The van der Waals surface area contributed by atoms with Crippen LogP contribution in [0.15, 0.2) is 18.2 Å². The van der Waals surface area contributed by atoms with Crippen LogP contribution in [0.4, 0.5) is 0 Å². The van der Waals surface area contributed by atoms with Gasteiger partial charge in [0, 0.05) is 18.7 Å². The minimum absolute atomic E-state index is 0.272. The summed E-state index contributed by atoms with van der Waals surface area (Å²) in [5.74, 6) is -0.272. The maximum atomic E-state index is 11.4. The molecule has 1 amide bonds. The van der Waals surface area contributed by atoms with Gasteiger partial charge in [-0.3, -0.25) is 4.79 Å². The summed E-state index contributed by atoms with van der Waals surface area (Å²) in [7, 11) is 0. The zero-order valence-electron chi connectivity index (χ0n) is 9.05. The number of hydrogen-bond acceptors (Lipinski definition) is 2. The topological polar surface area (TPSA) is 55.1 Å². The molecule has 0 aromatic heterocycles. The van der Waals surface area contributed by atoms with Crippen LogP contribution in [0.3, 0.4) is 0 Å². The van der Waals surface area contributed by atoms with Crippen molar-refractivity contribution in [3.05, 3.63) is 34.2 Å².